The molecule has 0 aromatic rings. The SMILES string of the molecule is CNCC(C)(O)CCC(C)(C)C. The Bertz CT molecular complexity index is 124. The van der Waals surface area contributed by atoms with Crippen molar-refractivity contribution in [3.05, 3.63) is 0 Å². The van der Waals surface area contributed by atoms with E-state index < -0.39 is 5.60 Å². The fourth-order valence-corrected chi connectivity index (χ4v) is 1.11. The van der Waals surface area contributed by atoms with Gasteiger partial charge in [-0.2, -0.15) is 0 Å². The molecule has 0 heterocycles. The zero-order valence-corrected chi connectivity index (χ0v) is 9.07. The van der Waals surface area contributed by atoms with Crippen molar-refractivity contribution in [3.8, 4) is 0 Å². The van der Waals surface area contributed by atoms with Crippen molar-refractivity contribution in [3.63, 3.8) is 0 Å². The first-order chi connectivity index (χ1) is 5.27. The van der Waals surface area contributed by atoms with Crippen LogP contribution in [0.3, 0.4) is 0 Å². The summed E-state index contributed by atoms with van der Waals surface area (Å²) < 4.78 is 0. The van der Waals surface area contributed by atoms with E-state index in [0.717, 1.165) is 12.8 Å². The molecule has 0 aliphatic carbocycles. The molecule has 0 aromatic heterocycles. The third-order valence-electron chi connectivity index (χ3n) is 1.97. The lowest BCUT2D eigenvalue weighted by Crippen LogP contribution is -2.36. The molecular weight excluding hydrogens is 150 g/mol. The molecule has 0 amide bonds. The van der Waals surface area contributed by atoms with Gasteiger partial charge < -0.3 is 10.4 Å². The summed E-state index contributed by atoms with van der Waals surface area (Å²) in [5.41, 5.74) is -0.236. The van der Waals surface area contributed by atoms with Crippen molar-refractivity contribution in [1.82, 2.24) is 5.32 Å². The van der Waals surface area contributed by atoms with Gasteiger partial charge in [-0.25, -0.2) is 0 Å². The molecule has 0 bridgehead atoms. The predicted octanol–water partition coefficient (Wildman–Crippen LogP) is 1.78. The molecule has 0 rings (SSSR count). The highest BCUT2D eigenvalue weighted by atomic mass is 16.3. The van der Waals surface area contributed by atoms with Crippen LogP contribution in [0.15, 0.2) is 0 Å². The molecule has 0 aromatic carbocycles. The van der Waals surface area contributed by atoms with E-state index in [0.29, 0.717) is 12.0 Å². The smallest absolute Gasteiger partial charge is 0.0743 e. The molecule has 0 aliphatic rings. The van der Waals surface area contributed by atoms with Gasteiger partial charge in [0.15, 0.2) is 0 Å². The van der Waals surface area contributed by atoms with Crippen molar-refractivity contribution in [2.24, 2.45) is 5.41 Å². The van der Waals surface area contributed by atoms with Gasteiger partial charge in [0, 0.05) is 6.54 Å². The molecule has 0 radical (unpaired) electrons. The van der Waals surface area contributed by atoms with E-state index in [2.05, 4.69) is 26.1 Å². The molecule has 1 unspecified atom stereocenters. The van der Waals surface area contributed by atoms with E-state index in [-0.39, 0.29) is 0 Å². The van der Waals surface area contributed by atoms with E-state index in [1.807, 2.05) is 14.0 Å². The predicted molar refractivity (Wildman–Crippen MR) is 53.2 cm³/mol. The Morgan fingerprint density at radius 3 is 1.92 bits per heavy atom. The fourth-order valence-electron chi connectivity index (χ4n) is 1.11. The zero-order valence-electron chi connectivity index (χ0n) is 9.07. The minimum atomic E-state index is -0.554. The zero-order chi connectivity index (χ0) is 9.83. The van der Waals surface area contributed by atoms with Crippen LogP contribution in [0.25, 0.3) is 0 Å². The molecule has 2 N–H and O–H groups in total. The first-order valence-electron chi connectivity index (χ1n) is 4.64. The number of hydrogen-bond acceptors (Lipinski definition) is 2. The third kappa shape index (κ3) is 6.62. The Balaban J connectivity index is 3.75. The van der Waals surface area contributed by atoms with E-state index in [4.69, 9.17) is 0 Å². The Kier molecular flexibility index (Phi) is 4.21. The highest BCUT2D eigenvalue weighted by Crippen LogP contribution is 2.24. The highest BCUT2D eigenvalue weighted by molar-refractivity contribution is 4.77. The average molecular weight is 173 g/mol. The molecule has 0 saturated carbocycles. The molecule has 0 aliphatic heterocycles. The molecule has 0 fully saturated rings. The first-order valence-corrected chi connectivity index (χ1v) is 4.64. The Morgan fingerprint density at radius 1 is 1.08 bits per heavy atom. The minimum absolute atomic E-state index is 0.317. The topological polar surface area (TPSA) is 32.3 Å². The lowest BCUT2D eigenvalue weighted by molar-refractivity contribution is 0.0413. The van der Waals surface area contributed by atoms with Gasteiger partial charge in [-0.3, -0.25) is 0 Å². The summed E-state index contributed by atoms with van der Waals surface area (Å²) in [5.74, 6) is 0. The van der Waals surface area contributed by atoms with Crippen LogP contribution in [0.2, 0.25) is 0 Å². The van der Waals surface area contributed by atoms with Crippen molar-refractivity contribution in [2.45, 2.75) is 46.1 Å². The molecule has 2 heteroatoms. The van der Waals surface area contributed by atoms with Gasteiger partial charge in [-0.15, -0.1) is 0 Å². The quantitative estimate of drug-likeness (QED) is 0.679. The maximum Gasteiger partial charge on any atom is 0.0743 e. The van der Waals surface area contributed by atoms with Gasteiger partial charge in [0.1, 0.15) is 0 Å². The summed E-state index contributed by atoms with van der Waals surface area (Å²) in [6.45, 7) is 9.14. The van der Waals surface area contributed by atoms with Gasteiger partial charge in [0.05, 0.1) is 5.60 Å². The lowest BCUT2D eigenvalue weighted by atomic mass is 9.85. The van der Waals surface area contributed by atoms with E-state index >= 15 is 0 Å². The van der Waals surface area contributed by atoms with E-state index in [9.17, 15) is 5.11 Å². The molecule has 12 heavy (non-hydrogen) atoms. The van der Waals surface area contributed by atoms with Crippen LogP contribution >= 0.6 is 0 Å². The van der Waals surface area contributed by atoms with Gasteiger partial charge >= 0.3 is 0 Å². The molecule has 2 nitrogen and oxygen atoms in total. The summed E-state index contributed by atoms with van der Waals surface area (Å²) in [6, 6.07) is 0. The summed E-state index contributed by atoms with van der Waals surface area (Å²) in [4.78, 5) is 0. The number of hydrogen-bond donors (Lipinski definition) is 2. The van der Waals surface area contributed by atoms with Crippen LogP contribution < -0.4 is 5.32 Å². The number of likely N-dealkylation sites (N-methyl/N-ethyl adjacent to an activating group) is 1. The standard InChI is InChI=1S/C10H23NO/c1-9(2,3)6-7-10(4,12)8-11-5/h11-12H,6-8H2,1-5H3. The molecular formula is C10H23NO. The average Bonchev–Trinajstić information content (AvgIpc) is 1.83. The Hall–Kier alpha value is -0.0800. The van der Waals surface area contributed by atoms with Crippen LogP contribution in [-0.4, -0.2) is 24.3 Å². The summed E-state index contributed by atoms with van der Waals surface area (Å²) in [5, 5.41) is 12.8. The van der Waals surface area contributed by atoms with Crippen LogP contribution in [-0.2, 0) is 0 Å². The molecule has 0 saturated heterocycles. The lowest BCUT2D eigenvalue weighted by Gasteiger charge is -2.27. The number of nitrogens with one attached hydrogen (secondary N) is 1. The van der Waals surface area contributed by atoms with Crippen LogP contribution in [0.5, 0.6) is 0 Å². The maximum absolute atomic E-state index is 9.82. The van der Waals surface area contributed by atoms with Crippen molar-refractivity contribution < 1.29 is 5.11 Å². The number of rotatable bonds is 4. The summed E-state index contributed by atoms with van der Waals surface area (Å²) in [6.07, 6.45) is 1.92. The molecule has 74 valence electrons. The van der Waals surface area contributed by atoms with Crippen LogP contribution in [0, 0.1) is 5.41 Å². The van der Waals surface area contributed by atoms with Gasteiger partial charge in [-0.05, 0) is 32.2 Å². The van der Waals surface area contributed by atoms with Crippen molar-refractivity contribution in [2.75, 3.05) is 13.6 Å². The second kappa shape index (κ2) is 4.24. The van der Waals surface area contributed by atoms with Crippen molar-refractivity contribution in [1.29, 1.82) is 0 Å². The van der Waals surface area contributed by atoms with E-state index in [1.54, 1.807) is 0 Å². The molecule has 1 atom stereocenters. The second-order valence-electron chi connectivity index (χ2n) is 5.09. The Morgan fingerprint density at radius 2 is 1.58 bits per heavy atom. The van der Waals surface area contributed by atoms with Gasteiger partial charge in [-0.1, -0.05) is 20.8 Å². The summed E-state index contributed by atoms with van der Waals surface area (Å²) >= 11 is 0. The molecule has 0 spiro atoms. The van der Waals surface area contributed by atoms with E-state index in [1.165, 1.54) is 0 Å². The fraction of sp³-hybridized carbons (Fsp3) is 1.00. The minimum Gasteiger partial charge on any atom is -0.389 e. The number of aliphatic hydroxyl groups is 1. The summed E-state index contributed by atoms with van der Waals surface area (Å²) in [7, 11) is 1.87. The Labute approximate surface area is 76.4 Å². The van der Waals surface area contributed by atoms with Crippen LogP contribution in [0.1, 0.15) is 40.5 Å². The first kappa shape index (κ1) is 11.9. The van der Waals surface area contributed by atoms with Gasteiger partial charge in [0.25, 0.3) is 0 Å². The highest BCUT2D eigenvalue weighted by Gasteiger charge is 2.22. The third-order valence-corrected chi connectivity index (χ3v) is 1.97. The monoisotopic (exact) mass is 173 g/mol. The normalized spacial score (nSPS) is 17.5. The largest absolute Gasteiger partial charge is 0.389 e. The van der Waals surface area contributed by atoms with Gasteiger partial charge in [0.2, 0.25) is 0 Å². The second-order valence-corrected chi connectivity index (χ2v) is 5.09. The van der Waals surface area contributed by atoms with Crippen molar-refractivity contribution >= 4 is 0 Å². The maximum atomic E-state index is 9.82. The van der Waals surface area contributed by atoms with Crippen LogP contribution in [0.4, 0.5) is 0 Å².